The van der Waals surface area contributed by atoms with Gasteiger partial charge in [0.1, 0.15) is 0 Å². The molecule has 0 radical (unpaired) electrons. The zero-order chi connectivity index (χ0) is 11.0. The first-order valence-corrected chi connectivity index (χ1v) is 7.69. The van der Waals surface area contributed by atoms with Gasteiger partial charge in [0.05, 0.1) is 0 Å². The van der Waals surface area contributed by atoms with Crippen molar-refractivity contribution in [3.63, 3.8) is 0 Å². The number of rotatable bonds is 2. The van der Waals surface area contributed by atoms with Crippen LogP contribution in [-0.2, 0) is 4.79 Å². The van der Waals surface area contributed by atoms with Crippen LogP contribution in [0.3, 0.4) is 0 Å². The van der Waals surface area contributed by atoms with Crippen LogP contribution < -0.4 is 9.78 Å². The van der Waals surface area contributed by atoms with Crippen LogP contribution in [0.15, 0.2) is 30.3 Å². The van der Waals surface area contributed by atoms with Crippen LogP contribution in [0.25, 0.3) is 0 Å². The van der Waals surface area contributed by atoms with E-state index in [4.69, 9.17) is 0 Å². The molecule has 3 unspecified atom stereocenters. The summed E-state index contributed by atoms with van der Waals surface area (Å²) in [5.41, 5.74) is 0. The quantitative estimate of drug-likeness (QED) is 0.808. The number of amides is 1. The maximum atomic E-state index is 11.5. The van der Waals surface area contributed by atoms with Gasteiger partial charge >= 0.3 is 102 Å². The van der Waals surface area contributed by atoms with E-state index >= 15 is 0 Å². The van der Waals surface area contributed by atoms with Crippen molar-refractivity contribution in [1.82, 2.24) is 5.32 Å². The fraction of sp³-hybridized carbons (Fsp3) is 0.462. The van der Waals surface area contributed by atoms with E-state index in [2.05, 4.69) is 35.6 Å². The summed E-state index contributed by atoms with van der Waals surface area (Å²) in [5, 5.41) is 3.16. The normalized spacial score (nSPS) is 32.5. The van der Waals surface area contributed by atoms with E-state index in [1.165, 1.54) is 10.9 Å². The first-order chi connectivity index (χ1) is 7.83. The van der Waals surface area contributed by atoms with Crippen LogP contribution in [-0.4, -0.2) is 26.9 Å². The molecule has 1 aromatic rings. The van der Waals surface area contributed by atoms with Gasteiger partial charge < -0.3 is 0 Å². The second kappa shape index (κ2) is 4.23. The minimum atomic E-state index is 0.302. The average Bonchev–Trinajstić information content (AvgIpc) is 2.61. The van der Waals surface area contributed by atoms with Crippen molar-refractivity contribution in [1.29, 1.82) is 0 Å². The van der Waals surface area contributed by atoms with Crippen LogP contribution in [0.5, 0.6) is 0 Å². The van der Waals surface area contributed by atoms with Crippen molar-refractivity contribution < 1.29 is 4.79 Å². The fourth-order valence-corrected chi connectivity index (χ4v) is 5.29. The third-order valence-electron chi connectivity index (χ3n) is 3.52. The molecule has 16 heavy (non-hydrogen) atoms. The van der Waals surface area contributed by atoms with Crippen LogP contribution in [0.2, 0.25) is 4.82 Å². The summed E-state index contributed by atoms with van der Waals surface area (Å²) < 4.78 is 1.46. The number of hydrogen-bond donors (Lipinski definition) is 1. The van der Waals surface area contributed by atoms with Crippen LogP contribution >= 0.6 is 0 Å². The van der Waals surface area contributed by atoms with Gasteiger partial charge in [-0.25, -0.2) is 0 Å². The van der Waals surface area contributed by atoms with Crippen molar-refractivity contribution >= 4 is 25.3 Å². The number of nitrogens with one attached hydrogen (secondary N) is 1. The molecule has 3 atom stereocenters. The molecule has 2 aliphatic rings. The van der Waals surface area contributed by atoms with Gasteiger partial charge in [0.25, 0.3) is 0 Å². The Labute approximate surface area is 102 Å². The molecule has 0 aromatic heterocycles. The summed E-state index contributed by atoms with van der Waals surface area (Å²) in [5.74, 6) is 0.629. The molecule has 3 rings (SSSR count). The Morgan fingerprint density at radius 3 is 2.81 bits per heavy atom. The molecular formula is C13H15NOSe. The standard InChI is InChI=1S/C13H15NOSe/c15-13-9-6-7-12(11(8-9)14-13)16-10-4-2-1-3-5-10/h1-5,9,11-12H,6-8H2,(H,14,15). The second-order valence-electron chi connectivity index (χ2n) is 4.59. The van der Waals surface area contributed by atoms with Crippen molar-refractivity contribution in [2.45, 2.75) is 30.1 Å². The Morgan fingerprint density at radius 1 is 1.19 bits per heavy atom. The zero-order valence-corrected chi connectivity index (χ0v) is 10.8. The molecule has 84 valence electrons. The minimum absolute atomic E-state index is 0.302. The van der Waals surface area contributed by atoms with E-state index in [9.17, 15) is 4.79 Å². The number of carbonyl (C=O) groups excluding carboxylic acids is 1. The van der Waals surface area contributed by atoms with E-state index in [1.807, 2.05) is 0 Å². The molecular weight excluding hydrogens is 265 g/mol. The summed E-state index contributed by atoms with van der Waals surface area (Å²) in [4.78, 5) is 12.3. The Bertz CT molecular complexity index is 392. The van der Waals surface area contributed by atoms with E-state index < -0.39 is 0 Å². The molecule has 1 aliphatic heterocycles. The predicted molar refractivity (Wildman–Crippen MR) is 64.9 cm³/mol. The van der Waals surface area contributed by atoms with Crippen LogP contribution in [0, 0.1) is 5.92 Å². The van der Waals surface area contributed by atoms with Gasteiger partial charge in [0.2, 0.25) is 0 Å². The van der Waals surface area contributed by atoms with Gasteiger partial charge in [-0.1, -0.05) is 0 Å². The fourth-order valence-electron chi connectivity index (χ4n) is 2.65. The summed E-state index contributed by atoms with van der Waals surface area (Å²) in [6, 6.07) is 11.2. The third-order valence-corrected chi connectivity index (χ3v) is 6.48. The van der Waals surface area contributed by atoms with Crippen molar-refractivity contribution in [3.8, 4) is 0 Å². The van der Waals surface area contributed by atoms with Crippen molar-refractivity contribution in [2.75, 3.05) is 0 Å². The zero-order valence-electron chi connectivity index (χ0n) is 9.06. The first kappa shape index (κ1) is 10.4. The van der Waals surface area contributed by atoms with Gasteiger partial charge in [-0.15, -0.1) is 0 Å². The second-order valence-corrected chi connectivity index (χ2v) is 7.35. The molecule has 1 aliphatic carbocycles. The Morgan fingerprint density at radius 2 is 2.00 bits per heavy atom. The molecule has 1 saturated carbocycles. The maximum absolute atomic E-state index is 11.5. The first-order valence-electron chi connectivity index (χ1n) is 5.85. The monoisotopic (exact) mass is 281 g/mol. The Hall–Kier alpha value is -0.791. The number of hydrogen-bond acceptors (Lipinski definition) is 1. The van der Waals surface area contributed by atoms with Crippen LogP contribution in [0.4, 0.5) is 0 Å². The molecule has 3 heteroatoms. The van der Waals surface area contributed by atoms with E-state index in [0.29, 0.717) is 37.6 Å². The SMILES string of the molecule is O=C1NC2CC1CCC2[Se]c1ccccc1. The molecule has 0 spiro atoms. The predicted octanol–water partition coefficient (Wildman–Crippen LogP) is 1.10. The van der Waals surface area contributed by atoms with E-state index in [0.717, 1.165) is 12.8 Å². The summed E-state index contributed by atoms with van der Waals surface area (Å²) in [6.45, 7) is 0. The summed E-state index contributed by atoms with van der Waals surface area (Å²) in [7, 11) is 0. The topological polar surface area (TPSA) is 29.1 Å². The van der Waals surface area contributed by atoms with Gasteiger partial charge in [0.15, 0.2) is 0 Å². The van der Waals surface area contributed by atoms with Crippen LogP contribution in [0.1, 0.15) is 19.3 Å². The van der Waals surface area contributed by atoms with Gasteiger partial charge in [-0.2, -0.15) is 0 Å². The third kappa shape index (κ3) is 1.90. The van der Waals surface area contributed by atoms with E-state index in [1.54, 1.807) is 0 Å². The van der Waals surface area contributed by atoms with E-state index in [-0.39, 0.29) is 0 Å². The number of carbonyl (C=O) groups is 1. The summed E-state index contributed by atoms with van der Waals surface area (Å²) >= 11 is 0.508. The number of benzene rings is 1. The van der Waals surface area contributed by atoms with Gasteiger partial charge in [0, 0.05) is 0 Å². The molecule has 1 saturated heterocycles. The summed E-state index contributed by atoms with van der Waals surface area (Å²) in [6.07, 6.45) is 3.41. The Kier molecular flexibility index (Phi) is 2.74. The van der Waals surface area contributed by atoms with Crippen molar-refractivity contribution in [2.24, 2.45) is 5.92 Å². The number of fused-ring (bicyclic) bond motifs is 2. The van der Waals surface area contributed by atoms with Crippen molar-refractivity contribution in [3.05, 3.63) is 30.3 Å². The Balaban J connectivity index is 1.70. The molecule has 2 nitrogen and oxygen atoms in total. The molecule has 2 bridgehead atoms. The molecule has 1 heterocycles. The molecule has 1 N–H and O–H groups in total. The molecule has 1 amide bonds. The van der Waals surface area contributed by atoms with Gasteiger partial charge in [-0.05, 0) is 0 Å². The molecule has 1 aromatic carbocycles. The van der Waals surface area contributed by atoms with Gasteiger partial charge in [-0.3, -0.25) is 0 Å². The molecule has 2 fully saturated rings. The average molecular weight is 280 g/mol.